The summed E-state index contributed by atoms with van der Waals surface area (Å²) in [5.74, 6) is 0.462. The van der Waals surface area contributed by atoms with Crippen molar-refractivity contribution in [3.05, 3.63) is 37.2 Å². The first kappa shape index (κ1) is 29.2. The SMILES string of the molecule is Nc1ncnc2c1ccn2C1OC2COP(=O)(S)OC3C(O)C(COP(O)OC2C1O)OC3n1ccc2c(N)ncnc21. The van der Waals surface area contributed by atoms with Gasteiger partial charge in [-0.05, 0) is 12.1 Å². The van der Waals surface area contributed by atoms with E-state index in [2.05, 4.69) is 32.2 Å². The van der Waals surface area contributed by atoms with Crippen LogP contribution in [-0.2, 0) is 32.1 Å². The average molecular weight is 657 g/mol. The Kier molecular flexibility index (Phi) is 7.56. The zero-order valence-electron chi connectivity index (χ0n) is 21.9. The number of aromatic nitrogens is 6. The van der Waals surface area contributed by atoms with Gasteiger partial charge < -0.3 is 54.2 Å². The van der Waals surface area contributed by atoms with Crippen molar-refractivity contribution >= 4 is 61.4 Å². The van der Waals surface area contributed by atoms with Crippen molar-refractivity contribution in [2.24, 2.45) is 0 Å². The lowest BCUT2D eigenvalue weighted by atomic mass is 10.1. The van der Waals surface area contributed by atoms with Gasteiger partial charge >= 0.3 is 15.4 Å². The number of rotatable bonds is 2. The second kappa shape index (κ2) is 11.1. The summed E-state index contributed by atoms with van der Waals surface area (Å²) in [5, 5.41) is 23.4. The van der Waals surface area contributed by atoms with E-state index in [1.165, 1.54) is 21.8 Å². The van der Waals surface area contributed by atoms with Crippen molar-refractivity contribution in [3.63, 3.8) is 0 Å². The predicted molar refractivity (Wildman–Crippen MR) is 151 cm³/mol. The number of nitrogens with two attached hydrogens (primary N) is 2. The Balaban J connectivity index is 1.17. The summed E-state index contributed by atoms with van der Waals surface area (Å²) in [6.07, 6.45) is -3.83. The molecule has 0 aromatic carbocycles. The number of nitrogens with zero attached hydrogens (tertiary/aromatic N) is 6. The highest BCUT2D eigenvalue weighted by Gasteiger charge is 2.52. The Hall–Kier alpha value is -2.51. The molecule has 3 aliphatic rings. The van der Waals surface area contributed by atoms with Crippen LogP contribution in [0.2, 0.25) is 0 Å². The molecule has 2 bridgehead atoms. The minimum Gasteiger partial charge on any atom is -0.387 e. The summed E-state index contributed by atoms with van der Waals surface area (Å²) in [4.78, 5) is 27.1. The van der Waals surface area contributed by atoms with E-state index in [4.69, 9.17) is 39.0 Å². The largest absolute Gasteiger partial charge is 0.387 e. The van der Waals surface area contributed by atoms with Crippen LogP contribution in [0.5, 0.6) is 0 Å². The molecule has 7 heterocycles. The number of hydrogen-bond donors (Lipinski definition) is 6. The molecule has 21 heteroatoms. The molecule has 7 rings (SSSR count). The van der Waals surface area contributed by atoms with Gasteiger partial charge in [0.2, 0.25) is 0 Å². The van der Waals surface area contributed by atoms with Gasteiger partial charge in [-0.3, -0.25) is 9.05 Å². The van der Waals surface area contributed by atoms with Crippen LogP contribution in [-0.4, -0.2) is 94.0 Å². The van der Waals surface area contributed by atoms with E-state index in [-0.39, 0.29) is 18.2 Å². The molecule has 10 unspecified atom stereocenters. The number of hydrogen-bond acceptors (Lipinski definition) is 16. The van der Waals surface area contributed by atoms with Gasteiger partial charge in [-0.2, -0.15) is 0 Å². The molecule has 4 aromatic rings. The highest BCUT2D eigenvalue weighted by Crippen LogP contribution is 2.58. The maximum atomic E-state index is 13.5. The fourth-order valence-electron chi connectivity index (χ4n) is 5.42. The molecule has 7 N–H and O–H groups in total. The Morgan fingerprint density at radius 2 is 1.49 bits per heavy atom. The van der Waals surface area contributed by atoms with Crippen molar-refractivity contribution in [2.75, 3.05) is 24.7 Å². The third-order valence-electron chi connectivity index (χ3n) is 7.47. The summed E-state index contributed by atoms with van der Waals surface area (Å²) in [7, 11) is -2.63. The number of aliphatic hydroxyl groups excluding tert-OH is 2. The Morgan fingerprint density at radius 3 is 2.14 bits per heavy atom. The minimum atomic E-state index is -4.23. The van der Waals surface area contributed by atoms with E-state index in [1.54, 1.807) is 24.5 Å². The second-order valence-corrected chi connectivity index (χ2v) is 13.8. The molecule has 4 aromatic heterocycles. The van der Waals surface area contributed by atoms with Crippen molar-refractivity contribution in [1.82, 2.24) is 29.1 Å². The molecule has 0 spiro atoms. The fraction of sp³-hybridized carbons (Fsp3) is 0.455. The van der Waals surface area contributed by atoms with E-state index in [0.29, 0.717) is 22.1 Å². The molecule has 230 valence electrons. The van der Waals surface area contributed by atoms with Crippen LogP contribution in [0, 0.1) is 0 Å². The topological polar surface area (TPSA) is 247 Å². The minimum absolute atomic E-state index is 0.225. The molecule has 0 saturated carbocycles. The van der Waals surface area contributed by atoms with Crippen LogP contribution in [0.1, 0.15) is 12.5 Å². The van der Waals surface area contributed by atoms with Gasteiger partial charge in [0.1, 0.15) is 72.2 Å². The first-order valence-electron chi connectivity index (χ1n) is 12.9. The monoisotopic (exact) mass is 656 g/mol. The Bertz CT molecular complexity index is 1710. The molecule has 3 fully saturated rings. The Labute approximate surface area is 248 Å². The maximum Gasteiger partial charge on any atom is 0.386 e. The van der Waals surface area contributed by atoms with Gasteiger partial charge in [0.15, 0.2) is 12.5 Å². The van der Waals surface area contributed by atoms with E-state index in [9.17, 15) is 19.7 Å². The van der Waals surface area contributed by atoms with Crippen LogP contribution >= 0.6 is 27.6 Å². The molecule has 3 aliphatic heterocycles. The standard InChI is InChI=1S/C22H26N8O10P2S/c23-17-9-1-3-29(19(9)27-7-25-17)21-14(32)15-12(38-21)6-36-42(34,43)40-16-13(31)11(5-35-41(33)39-15)37-22(16)30-4-2-10-18(24)26-8-28-20(10)30/h1-4,7-8,11-16,21-22,31-33H,5-6H2,(H,34,43)(H2,23,25,27)(H2,24,26,28). The summed E-state index contributed by atoms with van der Waals surface area (Å²) < 4.78 is 51.2. The lowest BCUT2D eigenvalue weighted by Gasteiger charge is -2.26. The highest BCUT2D eigenvalue weighted by molar-refractivity contribution is 8.44. The van der Waals surface area contributed by atoms with Crippen LogP contribution < -0.4 is 11.5 Å². The number of nitrogen functional groups attached to an aromatic ring is 2. The molecule has 43 heavy (non-hydrogen) atoms. The van der Waals surface area contributed by atoms with Crippen molar-refractivity contribution in [2.45, 2.75) is 49.1 Å². The fourth-order valence-corrected chi connectivity index (χ4v) is 7.69. The summed E-state index contributed by atoms with van der Waals surface area (Å²) in [6, 6.07) is 3.32. The zero-order chi connectivity index (χ0) is 30.0. The van der Waals surface area contributed by atoms with E-state index < -0.39 is 71.1 Å². The summed E-state index contributed by atoms with van der Waals surface area (Å²) in [5.41, 5.74) is 12.7. The molecular weight excluding hydrogens is 630 g/mol. The molecular formula is C22H26N8O10P2S. The summed E-state index contributed by atoms with van der Waals surface area (Å²) in [6.45, 7) is -5.04. The quantitative estimate of drug-likeness (QED) is 0.128. The van der Waals surface area contributed by atoms with Crippen LogP contribution in [0.15, 0.2) is 37.2 Å². The van der Waals surface area contributed by atoms with Crippen molar-refractivity contribution < 1.29 is 47.2 Å². The van der Waals surface area contributed by atoms with Crippen LogP contribution in [0.3, 0.4) is 0 Å². The number of thiol groups is 1. The molecule has 0 amide bonds. The van der Waals surface area contributed by atoms with E-state index in [0.717, 1.165) is 0 Å². The predicted octanol–water partition coefficient (Wildman–Crippen LogP) is 0.631. The van der Waals surface area contributed by atoms with Gasteiger partial charge in [0.05, 0.1) is 24.0 Å². The molecule has 0 radical (unpaired) electrons. The number of anilines is 2. The van der Waals surface area contributed by atoms with Gasteiger partial charge in [0, 0.05) is 12.4 Å². The van der Waals surface area contributed by atoms with Crippen molar-refractivity contribution in [3.8, 4) is 0 Å². The summed E-state index contributed by atoms with van der Waals surface area (Å²) >= 11 is 4.14. The molecule has 18 nitrogen and oxygen atoms in total. The molecule has 10 atom stereocenters. The highest BCUT2D eigenvalue weighted by atomic mass is 32.7. The van der Waals surface area contributed by atoms with Crippen LogP contribution in [0.4, 0.5) is 11.6 Å². The number of fused-ring (bicyclic) bond motifs is 5. The second-order valence-electron chi connectivity index (χ2n) is 9.99. The Morgan fingerprint density at radius 1 is 0.884 bits per heavy atom. The van der Waals surface area contributed by atoms with E-state index >= 15 is 0 Å². The smallest absolute Gasteiger partial charge is 0.386 e. The number of aliphatic hydroxyl groups is 2. The normalized spacial score (nSPS) is 37.2. The van der Waals surface area contributed by atoms with Gasteiger partial charge in [-0.1, -0.05) is 12.2 Å². The molecule has 0 aliphatic carbocycles. The molecule has 3 saturated heterocycles. The lowest BCUT2D eigenvalue weighted by molar-refractivity contribution is -0.0583. The van der Waals surface area contributed by atoms with Gasteiger partial charge in [0.25, 0.3) is 0 Å². The first-order valence-corrected chi connectivity index (χ1v) is 16.7. The number of ether oxygens (including phenoxy) is 2. The zero-order valence-corrected chi connectivity index (χ0v) is 24.6. The average Bonchev–Trinajstić information content (AvgIpc) is 3.73. The first-order chi connectivity index (χ1) is 20.6. The van der Waals surface area contributed by atoms with Crippen LogP contribution in [0.25, 0.3) is 22.1 Å². The van der Waals surface area contributed by atoms with Gasteiger partial charge in [-0.15, -0.1) is 0 Å². The maximum absolute atomic E-state index is 13.5. The lowest BCUT2D eigenvalue weighted by Crippen LogP contribution is -2.35. The van der Waals surface area contributed by atoms with E-state index in [1.807, 2.05) is 0 Å². The van der Waals surface area contributed by atoms with Crippen molar-refractivity contribution in [1.29, 1.82) is 0 Å². The third kappa shape index (κ3) is 5.18. The van der Waals surface area contributed by atoms with Gasteiger partial charge in [-0.25, -0.2) is 24.5 Å². The third-order valence-corrected chi connectivity index (χ3v) is 9.88.